The van der Waals surface area contributed by atoms with Gasteiger partial charge in [-0.25, -0.2) is 21.6 Å². The molecule has 1 amide bonds. The Kier molecular flexibility index (Phi) is 10.3. The third-order valence-corrected chi connectivity index (χ3v) is 10.9. The number of ether oxygens (including phenoxy) is 2. The zero-order valence-corrected chi connectivity index (χ0v) is 24.5. The highest BCUT2D eigenvalue weighted by atomic mass is 32.2. The number of benzene rings is 2. The van der Waals surface area contributed by atoms with E-state index in [1.165, 1.54) is 40.3 Å². The Morgan fingerprint density at radius 3 is 2.21 bits per heavy atom. The molecule has 0 spiro atoms. The van der Waals surface area contributed by atoms with Gasteiger partial charge >= 0.3 is 0 Å². The summed E-state index contributed by atoms with van der Waals surface area (Å²) in [7, 11) is -7.48. The van der Waals surface area contributed by atoms with Crippen molar-refractivity contribution in [2.24, 2.45) is 0 Å². The summed E-state index contributed by atoms with van der Waals surface area (Å²) < 4.78 is 66.2. The fraction of sp³-hybridized carbons (Fsp3) is 0.500. The quantitative estimate of drug-likeness (QED) is 0.328. The smallest absolute Gasteiger partial charge is 0.255 e. The zero-order chi connectivity index (χ0) is 27.9. The van der Waals surface area contributed by atoms with Gasteiger partial charge in [-0.2, -0.15) is 4.31 Å². The van der Waals surface area contributed by atoms with Gasteiger partial charge in [-0.15, -0.1) is 11.8 Å². The second kappa shape index (κ2) is 13.5. The lowest BCUT2D eigenvalue weighted by Crippen LogP contribution is -2.40. The van der Waals surface area contributed by atoms with Crippen molar-refractivity contribution < 1.29 is 31.1 Å². The van der Waals surface area contributed by atoms with Crippen LogP contribution in [-0.2, 0) is 24.8 Å². The molecule has 0 aromatic heterocycles. The Labute approximate surface area is 235 Å². The van der Waals surface area contributed by atoms with Gasteiger partial charge in [-0.1, -0.05) is 12.8 Å². The highest BCUT2D eigenvalue weighted by Crippen LogP contribution is 2.26. The maximum Gasteiger partial charge on any atom is 0.255 e. The van der Waals surface area contributed by atoms with Crippen LogP contribution in [0, 0.1) is 0 Å². The number of rotatable bonds is 10. The summed E-state index contributed by atoms with van der Waals surface area (Å²) in [5.41, 5.74) is 0.399. The minimum absolute atomic E-state index is 0.00412. The third kappa shape index (κ3) is 7.53. The molecule has 0 atom stereocenters. The number of carbonyl (C=O) groups is 1. The van der Waals surface area contributed by atoms with Crippen LogP contribution in [-0.4, -0.2) is 90.7 Å². The number of nitrogens with zero attached hydrogens (tertiary/aromatic N) is 2. The number of hydrogen-bond acceptors (Lipinski definition) is 8. The Morgan fingerprint density at radius 1 is 0.923 bits per heavy atom. The molecule has 2 aliphatic heterocycles. The first-order valence-electron chi connectivity index (χ1n) is 13.0. The lowest BCUT2D eigenvalue weighted by molar-refractivity contribution is 0.0730. The molecule has 0 bridgehead atoms. The number of hydrogen-bond donors (Lipinski definition) is 1. The molecule has 2 saturated heterocycles. The van der Waals surface area contributed by atoms with Crippen molar-refractivity contribution in [1.82, 2.24) is 13.9 Å². The molecule has 214 valence electrons. The van der Waals surface area contributed by atoms with Crippen molar-refractivity contribution >= 4 is 37.7 Å². The predicted molar refractivity (Wildman–Crippen MR) is 149 cm³/mol. The van der Waals surface area contributed by atoms with Gasteiger partial charge in [0.1, 0.15) is 12.4 Å². The van der Waals surface area contributed by atoms with Gasteiger partial charge in [0.2, 0.25) is 20.0 Å². The fourth-order valence-electron chi connectivity index (χ4n) is 4.54. The largest absolute Gasteiger partial charge is 0.492 e. The van der Waals surface area contributed by atoms with E-state index < -0.39 is 20.0 Å². The number of carbonyl (C=O) groups excluding carboxylic acids is 1. The lowest BCUT2D eigenvalue weighted by Gasteiger charge is -2.26. The summed E-state index contributed by atoms with van der Waals surface area (Å²) in [5.74, 6) is 0.283. The molecule has 0 unspecified atom stereocenters. The molecular weight excluding hydrogens is 563 g/mol. The molecule has 2 aromatic carbocycles. The maximum atomic E-state index is 13.2. The number of sulfonamides is 2. The highest BCUT2D eigenvalue weighted by molar-refractivity contribution is 7.98. The van der Waals surface area contributed by atoms with Crippen LogP contribution < -0.4 is 9.46 Å². The van der Waals surface area contributed by atoms with Crippen molar-refractivity contribution in [2.45, 2.75) is 40.4 Å². The van der Waals surface area contributed by atoms with Gasteiger partial charge in [0.05, 0.1) is 28.6 Å². The molecule has 0 saturated carbocycles. The van der Waals surface area contributed by atoms with Gasteiger partial charge < -0.3 is 14.4 Å². The molecule has 1 N–H and O–H groups in total. The Bertz CT molecular complexity index is 1340. The molecule has 2 heterocycles. The number of likely N-dealkylation sites (tertiary alicyclic amines) is 1. The molecule has 2 aliphatic rings. The molecule has 0 radical (unpaired) electrons. The normalized spacial score (nSPS) is 17.5. The maximum absolute atomic E-state index is 13.2. The fourth-order valence-corrected chi connectivity index (χ4v) is 7.55. The van der Waals surface area contributed by atoms with Gasteiger partial charge in [0.25, 0.3) is 5.91 Å². The summed E-state index contributed by atoms with van der Waals surface area (Å²) in [5, 5.41) is 0. The summed E-state index contributed by atoms with van der Waals surface area (Å²) in [6.07, 6.45) is 5.95. The number of thioether (sulfide) groups is 1. The summed E-state index contributed by atoms with van der Waals surface area (Å²) in [4.78, 5) is 16.0. The lowest BCUT2D eigenvalue weighted by atomic mass is 10.2. The van der Waals surface area contributed by atoms with Crippen LogP contribution in [0.3, 0.4) is 0 Å². The van der Waals surface area contributed by atoms with E-state index in [1.54, 1.807) is 18.2 Å². The minimum Gasteiger partial charge on any atom is -0.492 e. The van der Waals surface area contributed by atoms with Crippen molar-refractivity contribution in [3.63, 3.8) is 0 Å². The van der Waals surface area contributed by atoms with Crippen LogP contribution in [0.1, 0.15) is 36.0 Å². The van der Waals surface area contributed by atoms with Crippen molar-refractivity contribution in [2.75, 3.05) is 58.8 Å². The average molecular weight is 598 g/mol. The number of nitrogens with one attached hydrogen (secondary N) is 1. The van der Waals surface area contributed by atoms with Crippen LogP contribution >= 0.6 is 11.8 Å². The van der Waals surface area contributed by atoms with Crippen molar-refractivity contribution in [1.29, 1.82) is 0 Å². The van der Waals surface area contributed by atoms with Crippen LogP contribution in [0.5, 0.6) is 5.75 Å². The molecule has 0 aliphatic carbocycles. The molecule has 39 heavy (non-hydrogen) atoms. The molecule has 2 aromatic rings. The van der Waals surface area contributed by atoms with E-state index in [-0.39, 0.29) is 28.8 Å². The first-order valence-corrected chi connectivity index (χ1v) is 17.1. The van der Waals surface area contributed by atoms with E-state index in [0.29, 0.717) is 50.7 Å². The van der Waals surface area contributed by atoms with Crippen LogP contribution in [0.15, 0.2) is 57.2 Å². The van der Waals surface area contributed by atoms with Gasteiger partial charge in [-0.05, 0) is 61.6 Å². The van der Waals surface area contributed by atoms with Crippen molar-refractivity contribution in [3.05, 3.63) is 48.0 Å². The Balaban J connectivity index is 1.35. The number of morpholine rings is 1. The van der Waals surface area contributed by atoms with E-state index in [9.17, 15) is 21.6 Å². The van der Waals surface area contributed by atoms with Crippen LogP contribution in [0.2, 0.25) is 0 Å². The van der Waals surface area contributed by atoms with Crippen LogP contribution in [0.4, 0.5) is 0 Å². The topological polar surface area (TPSA) is 122 Å². The monoisotopic (exact) mass is 597 g/mol. The summed E-state index contributed by atoms with van der Waals surface area (Å²) in [6.45, 7) is 2.76. The average Bonchev–Trinajstić information content (AvgIpc) is 3.25. The standard InChI is InChI=1S/C26H35N3O7S3/c1-37-25-11-10-23(20-24(25)26(30)28-13-4-2-3-5-14-28)38(31,32)27-12-17-36-21-6-8-22(9-7-21)39(33,34)29-15-18-35-19-16-29/h6-11,20,27H,2-5,12-19H2,1H3. The van der Waals surface area contributed by atoms with E-state index in [0.717, 1.165) is 30.6 Å². The van der Waals surface area contributed by atoms with E-state index in [4.69, 9.17) is 9.47 Å². The van der Waals surface area contributed by atoms with E-state index >= 15 is 0 Å². The second-order valence-electron chi connectivity index (χ2n) is 9.30. The molecule has 4 rings (SSSR count). The molecule has 2 fully saturated rings. The van der Waals surface area contributed by atoms with Gasteiger partial charge in [0, 0.05) is 37.6 Å². The Hall–Kier alpha value is -2.16. The molecular formula is C26H35N3O7S3. The summed E-state index contributed by atoms with van der Waals surface area (Å²) in [6, 6.07) is 10.7. The Morgan fingerprint density at radius 2 is 1.56 bits per heavy atom. The first-order chi connectivity index (χ1) is 18.7. The zero-order valence-electron chi connectivity index (χ0n) is 22.0. The first kappa shape index (κ1) is 29.8. The van der Waals surface area contributed by atoms with Gasteiger partial charge in [-0.3, -0.25) is 4.79 Å². The second-order valence-corrected chi connectivity index (χ2v) is 13.9. The highest BCUT2D eigenvalue weighted by Gasteiger charge is 2.26. The number of amides is 1. The van der Waals surface area contributed by atoms with Gasteiger partial charge in [0.15, 0.2) is 0 Å². The van der Waals surface area contributed by atoms with Crippen molar-refractivity contribution in [3.8, 4) is 5.75 Å². The van der Waals surface area contributed by atoms with E-state index in [2.05, 4.69) is 4.72 Å². The summed E-state index contributed by atoms with van der Waals surface area (Å²) >= 11 is 1.41. The SMILES string of the molecule is CSc1ccc(S(=O)(=O)NCCOc2ccc(S(=O)(=O)N3CCOCC3)cc2)cc1C(=O)N1CCCCCC1. The predicted octanol–water partition coefficient (Wildman–Crippen LogP) is 2.80. The molecule has 13 heteroatoms. The third-order valence-electron chi connectivity index (χ3n) is 6.70. The van der Waals surface area contributed by atoms with Crippen LogP contribution in [0.25, 0.3) is 0 Å². The minimum atomic E-state index is -3.88. The molecule has 10 nitrogen and oxygen atoms in total. The van der Waals surface area contributed by atoms with E-state index in [1.807, 2.05) is 11.2 Å².